The number of nitrogens with zero attached hydrogens (tertiary/aromatic N) is 1. The Bertz CT molecular complexity index is 1440. The van der Waals surface area contributed by atoms with Gasteiger partial charge in [-0.3, -0.25) is 4.90 Å². The number of allylic oxidation sites excluding steroid dienone is 1. The molecule has 2 aromatic carbocycles. The topological polar surface area (TPSA) is 56.1 Å². The predicted octanol–water partition coefficient (Wildman–Crippen LogP) is 5.80. The molecule has 0 unspecified atom stereocenters. The Balaban J connectivity index is 1.22. The van der Waals surface area contributed by atoms with Crippen LogP contribution in [0.1, 0.15) is 54.4 Å². The molecule has 5 heteroatoms. The molecule has 3 atom stereocenters. The Morgan fingerprint density at radius 1 is 1.00 bits per heavy atom. The Labute approximate surface area is 206 Å². The lowest BCUT2D eigenvalue weighted by atomic mass is 9.78. The van der Waals surface area contributed by atoms with Gasteiger partial charge in [-0.05, 0) is 80.5 Å². The molecule has 0 amide bonds. The number of methoxy groups -OCH3 is 1. The van der Waals surface area contributed by atoms with Gasteiger partial charge in [-0.1, -0.05) is 29.8 Å². The Morgan fingerprint density at radius 3 is 2.71 bits per heavy atom. The van der Waals surface area contributed by atoms with Crippen LogP contribution in [-0.2, 0) is 12.8 Å². The largest absolute Gasteiger partial charge is 0.497 e. The van der Waals surface area contributed by atoms with E-state index in [0.717, 1.165) is 44.6 Å². The van der Waals surface area contributed by atoms with Crippen molar-refractivity contribution in [2.75, 3.05) is 26.7 Å². The predicted molar refractivity (Wildman–Crippen MR) is 142 cm³/mol. The summed E-state index contributed by atoms with van der Waals surface area (Å²) in [7, 11) is 1.75. The van der Waals surface area contributed by atoms with Crippen LogP contribution in [0.15, 0.2) is 54.1 Å². The van der Waals surface area contributed by atoms with Gasteiger partial charge in [0, 0.05) is 52.3 Å². The van der Waals surface area contributed by atoms with Crippen LogP contribution in [0, 0.1) is 5.92 Å². The van der Waals surface area contributed by atoms with E-state index in [1.54, 1.807) is 12.7 Å². The van der Waals surface area contributed by atoms with Crippen LogP contribution >= 0.6 is 0 Å². The molecule has 0 aliphatic carbocycles. The number of aromatic amines is 2. The summed E-state index contributed by atoms with van der Waals surface area (Å²) in [5, 5.41) is 6.60. The van der Waals surface area contributed by atoms with E-state index in [0.29, 0.717) is 18.0 Å². The highest BCUT2D eigenvalue weighted by molar-refractivity contribution is 5.87. The van der Waals surface area contributed by atoms with Gasteiger partial charge in [0.15, 0.2) is 0 Å². The number of piperidine rings is 1. The van der Waals surface area contributed by atoms with Crippen LogP contribution in [0.5, 0.6) is 5.75 Å². The monoisotopic (exact) mass is 466 g/mol. The van der Waals surface area contributed by atoms with E-state index in [4.69, 9.17) is 4.74 Å². The summed E-state index contributed by atoms with van der Waals surface area (Å²) in [5.74, 6) is 1.51. The van der Waals surface area contributed by atoms with Gasteiger partial charge in [0.1, 0.15) is 5.75 Å². The lowest BCUT2D eigenvalue weighted by Crippen LogP contribution is -2.43. The number of para-hydroxylation sites is 1. The fourth-order valence-electron chi connectivity index (χ4n) is 7.08. The van der Waals surface area contributed by atoms with Crippen molar-refractivity contribution in [2.24, 2.45) is 5.92 Å². The molecule has 0 spiro atoms. The summed E-state index contributed by atoms with van der Waals surface area (Å²) in [6.07, 6.45) is 6.91. The molecular weight excluding hydrogens is 432 g/mol. The normalized spacial score (nSPS) is 25.5. The smallest absolute Gasteiger partial charge is 0.119 e. The van der Waals surface area contributed by atoms with Crippen molar-refractivity contribution in [3.05, 3.63) is 76.6 Å². The fourth-order valence-corrected chi connectivity index (χ4v) is 7.08. The van der Waals surface area contributed by atoms with Crippen molar-refractivity contribution in [1.82, 2.24) is 20.2 Å². The average molecular weight is 467 g/mol. The number of H-pyrrole nitrogens is 2. The molecule has 180 valence electrons. The second-order valence-corrected chi connectivity index (χ2v) is 10.5. The highest BCUT2D eigenvalue weighted by atomic mass is 16.5. The van der Waals surface area contributed by atoms with Gasteiger partial charge < -0.3 is 20.0 Å². The zero-order chi connectivity index (χ0) is 23.5. The molecular formula is C30H34N4O. The Morgan fingerprint density at radius 2 is 1.83 bits per heavy atom. The van der Waals surface area contributed by atoms with Gasteiger partial charge in [0.2, 0.25) is 0 Å². The van der Waals surface area contributed by atoms with Crippen molar-refractivity contribution in [2.45, 2.75) is 44.7 Å². The first-order chi connectivity index (χ1) is 17.2. The maximum absolute atomic E-state index is 5.53. The molecule has 3 aliphatic rings. The summed E-state index contributed by atoms with van der Waals surface area (Å²) in [5.41, 5.74) is 9.98. The van der Waals surface area contributed by atoms with E-state index < -0.39 is 0 Å². The molecule has 3 aliphatic heterocycles. The molecule has 4 aromatic rings. The van der Waals surface area contributed by atoms with E-state index in [1.165, 1.54) is 50.7 Å². The number of fused-ring (bicyclic) bond motifs is 8. The van der Waals surface area contributed by atoms with E-state index >= 15 is 0 Å². The minimum absolute atomic E-state index is 0.382. The van der Waals surface area contributed by atoms with Crippen LogP contribution in [0.2, 0.25) is 0 Å². The third kappa shape index (κ3) is 3.36. The molecule has 5 heterocycles. The second-order valence-electron chi connectivity index (χ2n) is 10.5. The maximum Gasteiger partial charge on any atom is 0.119 e. The minimum atomic E-state index is 0.382. The minimum Gasteiger partial charge on any atom is -0.497 e. The molecule has 0 bridgehead atoms. The van der Waals surface area contributed by atoms with Crippen LogP contribution in [0.4, 0.5) is 0 Å². The van der Waals surface area contributed by atoms with Crippen molar-refractivity contribution < 1.29 is 4.74 Å². The molecule has 0 radical (unpaired) electrons. The van der Waals surface area contributed by atoms with E-state index in [1.807, 2.05) is 0 Å². The van der Waals surface area contributed by atoms with Crippen molar-refractivity contribution >= 4 is 21.8 Å². The number of rotatable bonds is 3. The van der Waals surface area contributed by atoms with Gasteiger partial charge in [0.25, 0.3) is 0 Å². The summed E-state index contributed by atoms with van der Waals surface area (Å²) in [4.78, 5) is 10.3. The molecule has 3 N–H and O–H groups in total. The van der Waals surface area contributed by atoms with E-state index in [-0.39, 0.29) is 0 Å². The molecule has 5 nitrogen and oxygen atoms in total. The van der Waals surface area contributed by atoms with Crippen LogP contribution < -0.4 is 10.1 Å². The first-order valence-corrected chi connectivity index (χ1v) is 13.1. The highest BCUT2D eigenvalue weighted by Gasteiger charge is 2.39. The standard InChI is InChI=1S/C30H34N4O/c1-3-18-17-34-13-11-23-24-16-20(35-2)8-9-26(24)33-30(23)28(34)15-19(18)14-27-29-22(10-12-31-27)21-6-4-5-7-25(21)32-29/h3-9,16,19,27-28,31-33H,10-15,17H2,1-2H3/b18-3+/t19-,27+,28-/m0/s1. The lowest BCUT2D eigenvalue weighted by Gasteiger charge is -2.44. The number of aromatic nitrogens is 2. The summed E-state index contributed by atoms with van der Waals surface area (Å²) in [6, 6.07) is 16.1. The van der Waals surface area contributed by atoms with Crippen LogP contribution in [0.25, 0.3) is 21.8 Å². The summed E-state index contributed by atoms with van der Waals surface area (Å²) < 4.78 is 5.53. The lowest BCUT2D eigenvalue weighted by molar-refractivity contribution is 0.131. The fraction of sp³-hybridized carbons (Fsp3) is 0.400. The van der Waals surface area contributed by atoms with Gasteiger partial charge in [-0.2, -0.15) is 0 Å². The summed E-state index contributed by atoms with van der Waals surface area (Å²) >= 11 is 0. The van der Waals surface area contributed by atoms with E-state index in [2.05, 4.69) is 75.6 Å². The third-order valence-electron chi connectivity index (χ3n) is 8.84. The van der Waals surface area contributed by atoms with Crippen molar-refractivity contribution in [3.8, 4) is 5.75 Å². The van der Waals surface area contributed by atoms with E-state index in [9.17, 15) is 0 Å². The highest BCUT2D eigenvalue weighted by Crippen LogP contribution is 2.46. The molecule has 7 rings (SSSR count). The molecule has 2 aromatic heterocycles. The molecule has 35 heavy (non-hydrogen) atoms. The molecule has 1 saturated heterocycles. The Kier molecular flexibility index (Phi) is 5.04. The van der Waals surface area contributed by atoms with Crippen LogP contribution in [-0.4, -0.2) is 41.6 Å². The van der Waals surface area contributed by atoms with Gasteiger partial charge in [-0.25, -0.2) is 0 Å². The first-order valence-electron chi connectivity index (χ1n) is 13.1. The molecule has 0 saturated carbocycles. The second kappa shape index (κ2) is 8.28. The third-order valence-corrected chi connectivity index (χ3v) is 8.84. The summed E-state index contributed by atoms with van der Waals surface area (Å²) in [6.45, 7) is 5.49. The van der Waals surface area contributed by atoms with Gasteiger partial charge >= 0.3 is 0 Å². The number of nitrogens with one attached hydrogen (secondary N) is 3. The van der Waals surface area contributed by atoms with Gasteiger partial charge in [-0.15, -0.1) is 0 Å². The Hall–Kier alpha value is -3.02. The number of benzene rings is 2. The van der Waals surface area contributed by atoms with Crippen LogP contribution in [0.3, 0.4) is 0 Å². The molecule has 1 fully saturated rings. The average Bonchev–Trinajstić information content (AvgIpc) is 3.47. The zero-order valence-corrected chi connectivity index (χ0v) is 20.7. The maximum atomic E-state index is 5.53. The number of hydrogen-bond acceptors (Lipinski definition) is 3. The van der Waals surface area contributed by atoms with Crippen molar-refractivity contribution in [1.29, 1.82) is 0 Å². The number of hydrogen-bond donors (Lipinski definition) is 3. The quantitative estimate of drug-likeness (QED) is 0.335. The number of ether oxygens (including phenoxy) is 1. The SMILES string of the molecule is C/C=C1\CN2CCc3c([nH]c4ccc(OC)cc34)[C@@H]2C[C@@H]1C[C@H]1NCCc2c1[nH]c1ccccc21. The van der Waals surface area contributed by atoms with Crippen molar-refractivity contribution in [3.63, 3.8) is 0 Å². The van der Waals surface area contributed by atoms with Gasteiger partial charge in [0.05, 0.1) is 13.2 Å². The first kappa shape index (κ1) is 21.3. The zero-order valence-electron chi connectivity index (χ0n) is 20.7.